The number of carbonyl (C=O) groups is 4. The van der Waals surface area contributed by atoms with Gasteiger partial charge in [-0.1, -0.05) is 19.8 Å². The number of anilines is 1. The molecule has 2 amide bonds. The lowest BCUT2D eigenvalue weighted by molar-refractivity contribution is 0.0497. The molecule has 0 aliphatic carbocycles. The Bertz CT molecular complexity index is 948. The van der Waals surface area contributed by atoms with Crippen LogP contribution in [0.15, 0.2) is 42.5 Å². The predicted molar refractivity (Wildman–Crippen MR) is 101 cm³/mol. The van der Waals surface area contributed by atoms with E-state index >= 15 is 0 Å². The van der Waals surface area contributed by atoms with Crippen molar-refractivity contribution in [2.24, 2.45) is 0 Å². The number of ether oxygens (including phenoxy) is 1. The quantitative estimate of drug-likeness (QED) is 0.447. The van der Waals surface area contributed by atoms with Gasteiger partial charge < -0.3 is 9.84 Å². The van der Waals surface area contributed by atoms with Crippen LogP contribution in [0.25, 0.3) is 0 Å². The van der Waals surface area contributed by atoms with Crippen LogP contribution in [0.4, 0.5) is 5.69 Å². The summed E-state index contributed by atoms with van der Waals surface area (Å²) in [7, 11) is 0. The molecule has 0 unspecified atom stereocenters. The third-order valence-electron chi connectivity index (χ3n) is 4.48. The zero-order chi connectivity index (χ0) is 20.3. The average molecular weight is 381 g/mol. The van der Waals surface area contributed by atoms with Crippen LogP contribution in [0.1, 0.15) is 67.6 Å². The molecule has 0 fully saturated rings. The maximum absolute atomic E-state index is 12.6. The molecular formula is C21H19NO6. The molecule has 0 spiro atoms. The predicted octanol–water partition coefficient (Wildman–Crippen LogP) is 3.53. The summed E-state index contributed by atoms with van der Waals surface area (Å²) in [6.45, 7) is 2.40. The highest BCUT2D eigenvalue weighted by atomic mass is 16.5. The molecule has 0 saturated heterocycles. The van der Waals surface area contributed by atoms with Gasteiger partial charge in [0, 0.05) is 0 Å². The Balaban J connectivity index is 1.77. The van der Waals surface area contributed by atoms with E-state index in [2.05, 4.69) is 6.92 Å². The molecule has 3 rings (SSSR count). The van der Waals surface area contributed by atoms with Gasteiger partial charge in [-0.25, -0.2) is 14.5 Å². The number of imide groups is 1. The number of amides is 2. The standard InChI is InChI=1S/C21H19NO6/c1-2-3-4-11-28-21(27)13-5-8-15(9-6-13)22-18(23)16-10-7-14(20(25)26)12-17(16)19(22)24/h5-10,12H,2-4,11H2,1H3,(H,25,26). The first-order valence-corrected chi connectivity index (χ1v) is 8.97. The van der Waals surface area contributed by atoms with Gasteiger partial charge in [-0.15, -0.1) is 0 Å². The Kier molecular flexibility index (Phi) is 5.54. The number of nitrogens with zero attached hydrogens (tertiary/aromatic N) is 1. The van der Waals surface area contributed by atoms with Crippen molar-refractivity contribution < 1.29 is 29.0 Å². The maximum Gasteiger partial charge on any atom is 0.338 e. The third kappa shape index (κ3) is 3.64. The first-order chi connectivity index (χ1) is 13.4. The monoisotopic (exact) mass is 381 g/mol. The molecule has 1 heterocycles. The van der Waals surface area contributed by atoms with Crippen molar-refractivity contribution in [2.45, 2.75) is 26.2 Å². The number of carboxylic acid groups (broad SMARTS) is 1. The molecule has 1 aliphatic rings. The van der Waals surface area contributed by atoms with E-state index in [-0.39, 0.29) is 16.7 Å². The molecule has 144 valence electrons. The van der Waals surface area contributed by atoms with E-state index in [4.69, 9.17) is 9.84 Å². The van der Waals surface area contributed by atoms with Crippen LogP contribution < -0.4 is 4.90 Å². The van der Waals surface area contributed by atoms with Crippen molar-refractivity contribution >= 4 is 29.4 Å². The molecule has 0 radical (unpaired) electrons. The van der Waals surface area contributed by atoms with Gasteiger partial charge in [0.15, 0.2) is 0 Å². The molecule has 7 nitrogen and oxygen atoms in total. The average Bonchev–Trinajstić information content (AvgIpc) is 2.95. The van der Waals surface area contributed by atoms with Crippen LogP contribution >= 0.6 is 0 Å². The van der Waals surface area contributed by atoms with Gasteiger partial charge in [-0.05, 0) is 48.9 Å². The van der Waals surface area contributed by atoms with E-state index in [9.17, 15) is 19.2 Å². The van der Waals surface area contributed by atoms with Gasteiger partial charge >= 0.3 is 11.9 Å². The number of carboxylic acids is 1. The summed E-state index contributed by atoms with van der Waals surface area (Å²) in [6, 6.07) is 9.77. The van der Waals surface area contributed by atoms with E-state index in [1.807, 2.05) is 0 Å². The van der Waals surface area contributed by atoms with Crippen LogP contribution in [0, 0.1) is 0 Å². The first-order valence-electron chi connectivity index (χ1n) is 8.97. The number of hydrogen-bond acceptors (Lipinski definition) is 5. The van der Waals surface area contributed by atoms with Gasteiger partial charge in [0.05, 0.1) is 34.5 Å². The van der Waals surface area contributed by atoms with Crippen LogP contribution in [0.2, 0.25) is 0 Å². The van der Waals surface area contributed by atoms with Crippen molar-refractivity contribution in [3.8, 4) is 0 Å². The maximum atomic E-state index is 12.6. The lowest BCUT2D eigenvalue weighted by Gasteiger charge is -2.14. The van der Waals surface area contributed by atoms with Gasteiger partial charge in [-0.2, -0.15) is 0 Å². The van der Waals surface area contributed by atoms with Gasteiger partial charge in [0.2, 0.25) is 0 Å². The fourth-order valence-electron chi connectivity index (χ4n) is 2.96. The smallest absolute Gasteiger partial charge is 0.338 e. The molecule has 0 bridgehead atoms. The van der Waals surface area contributed by atoms with Crippen LogP contribution in [-0.4, -0.2) is 35.5 Å². The van der Waals surface area contributed by atoms with Gasteiger partial charge in [0.1, 0.15) is 0 Å². The SMILES string of the molecule is CCCCCOC(=O)c1ccc(N2C(=O)c3ccc(C(=O)O)cc3C2=O)cc1. The molecule has 28 heavy (non-hydrogen) atoms. The molecule has 1 N–H and O–H groups in total. The lowest BCUT2D eigenvalue weighted by atomic mass is 10.1. The summed E-state index contributed by atoms with van der Waals surface area (Å²) in [6.07, 6.45) is 2.81. The second-order valence-corrected chi connectivity index (χ2v) is 6.40. The molecule has 0 atom stereocenters. The number of unbranched alkanes of at least 4 members (excludes halogenated alkanes) is 2. The highest BCUT2D eigenvalue weighted by molar-refractivity contribution is 6.34. The lowest BCUT2D eigenvalue weighted by Crippen LogP contribution is -2.29. The highest BCUT2D eigenvalue weighted by Crippen LogP contribution is 2.29. The molecular weight excluding hydrogens is 362 g/mol. The summed E-state index contributed by atoms with van der Waals surface area (Å²) in [5, 5.41) is 9.07. The molecule has 2 aromatic rings. The largest absolute Gasteiger partial charge is 0.478 e. The van der Waals surface area contributed by atoms with Crippen molar-refractivity contribution in [3.05, 3.63) is 64.7 Å². The zero-order valence-electron chi connectivity index (χ0n) is 15.3. The summed E-state index contributed by atoms with van der Waals surface area (Å²) in [4.78, 5) is 49.3. The minimum absolute atomic E-state index is 0.0457. The van der Waals surface area contributed by atoms with Gasteiger partial charge in [0.25, 0.3) is 11.8 Å². The number of hydrogen-bond donors (Lipinski definition) is 1. The Labute approximate surface area is 161 Å². The number of carbonyl (C=O) groups excluding carboxylic acids is 3. The first kappa shape index (κ1) is 19.3. The van der Waals surface area contributed by atoms with E-state index in [1.165, 1.54) is 42.5 Å². The normalized spacial score (nSPS) is 12.8. The number of benzene rings is 2. The summed E-state index contributed by atoms with van der Waals surface area (Å²) >= 11 is 0. The molecule has 0 saturated carbocycles. The third-order valence-corrected chi connectivity index (χ3v) is 4.48. The fraction of sp³-hybridized carbons (Fsp3) is 0.238. The van der Waals surface area contributed by atoms with Crippen LogP contribution in [-0.2, 0) is 4.74 Å². The van der Waals surface area contributed by atoms with Crippen LogP contribution in [0.3, 0.4) is 0 Å². The Morgan fingerprint density at radius 1 is 0.929 bits per heavy atom. The van der Waals surface area contributed by atoms with Crippen molar-refractivity contribution in [1.82, 2.24) is 0 Å². The second kappa shape index (κ2) is 8.04. The number of fused-ring (bicyclic) bond motifs is 1. The number of aromatic carboxylic acids is 1. The Morgan fingerprint density at radius 3 is 2.21 bits per heavy atom. The van der Waals surface area contributed by atoms with Crippen LogP contribution in [0.5, 0.6) is 0 Å². The summed E-state index contributed by atoms with van der Waals surface area (Å²) in [5.74, 6) is -2.77. The minimum atomic E-state index is -1.18. The van der Waals surface area contributed by atoms with Gasteiger partial charge in [-0.3, -0.25) is 9.59 Å². The van der Waals surface area contributed by atoms with E-state index in [0.29, 0.717) is 17.9 Å². The molecule has 0 aromatic heterocycles. The summed E-state index contributed by atoms with van der Waals surface area (Å²) in [5.41, 5.74) is 0.747. The second-order valence-electron chi connectivity index (χ2n) is 6.40. The molecule has 7 heteroatoms. The number of rotatable bonds is 7. The topological polar surface area (TPSA) is 101 Å². The number of esters is 1. The Morgan fingerprint density at radius 2 is 1.57 bits per heavy atom. The minimum Gasteiger partial charge on any atom is -0.478 e. The Hall–Kier alpha value is -3.48. The zero-order valence-corrected chi connectivity index (χ0v) is 15.3. The summed E-state index contributed by atoms with van der Waals surface area (Å²) < 4.78 is 5.18. The van der Waals surface area contributed by atoms with Crippen molar-refractivity contribution in [1.29, 1.82) is 0 Å². The molecule has 1 aliphatic heterocycles. The molecule has 2 aromatic carbocycles. The van der Waals surface area contributed by atoms with Crippen molar-refractivity contribution in [2.75, 3.05) is 11.5 Å². The van der Waals surface area contributed by atoms with E-state index in [1.54, 1.807) is 0 Å². The van der Waals surface area contributed by atoms with Crippen molar-refractivity contribution in [3.63, 3.8) is 0 Å². The van der Waals surface area contributed by atoms with E-state index in [0.717, 1.165) is 24.2 Å². The fourth-order valence-corrected chi connectivity index (χ4v) is 2.96. The van der Waals surface area contributed by atoms with E-state index < -0.39 is 23.8 Å². The highest BCUT2D eigenvalue weighted by Gasteiger charge is 2.37.